The molecule has 0 saturated carbocycles. The Bertz CT molecular complexity index is 1270. The predicted octanol–water partition coefficient (Wildman–Crippen LogP) is 3.70. The molecule has 1 saturated heterocycles. The molecule has 0 aliphatic carbocycles. The molecule has 7 nitrogen and oxygen atoms in total. The highest BCUT2D eigenvalue weighted by Crippen LogP contribution is 2.22. The van der Waals surface area contributed by atoms with E-state index >= 15 is 0 Å². The highest BCUT2D eigenvalue weighted by Gasteiger charge is 2.20. The minimum absolute atomic E-state index is 0.0777. The molecule has 3 heterocycles. The zero-order valence-electron chi connectivity index (χ0n) is 18.9. The van der Waals surface area contributed by atoms with Crippen LogP contribution in [0.5, 0.6) is 0 Å². The summed E-state index contributed by atoms with van der Waals surface area (Å²) in [6, 6.07) is 10.0. The average Bonchev–Trinajstić information content (AvgIpc) is 2.79. The number of aromatic amines is 1. The van der Waals surface area contributed by atoms with Gasteiger partial charge in [0.2, 0.25) is 0 Å². The van der Waals surface area contributed by atoms with Gasteiger partial charge in [-0.15, -0.1) is 0 Å². The zero-order valence-corrected chi connectivity index (χ0v) is 19.7. The number of nitrogens with zero attached hydrogens (tertiary/aromatic N) is 4. The molecule has 1 N–H and O–H groups in total. The number of rotatable bonds is 6. The molecule has 32 heavy (non-hydrogen) atoms. The third-order valence-corrected chi connectivity index (χ3v) is 6.59. The predicted molar refractivity (Wildman–Crippen MR) is 130 cm³/mol. The average molecular weight is 452 g/mol. The van der Waals surface area contributed by atoms with Gasteiger partial charge in [-0.3, -0.25) is 14.3 Å². The van der Waals surface area contributed by atoms with Crippen molar-refractivity contribution in [2.75, 3.05) is 31.1 Å². The summed E-state index contributed by atoms with van der Waals surface area (Å²) in [4.78, 5) is 36.4. The lowest BCUT2D eigenvalue weighted by molar-refractivity contribution is 0.0983. The summed E-state index contributed by atoms with van der Waals surface area (Å²) in [7, 11) is 0. The molecule has 0 atom stereocenters. The summed E-state index contributed by atoms with van der Waals surface area (Å²) in [6.07, 6.45) is 0.472. The number of hydrogen-bond acceptors (Lipinski definition) is 6. The van der Waals surface area contributed by atoms with Crippen LogP contribution in [0.2, 0.25) is 0 Å². The second-order valence-electron chi connectivity index (χ2n) is 8.20. The molecule has 0 radical (unpaired) electrons. The number of anilines is 1. The summed E-state index contributed by atoms with van der Waals surface area (Å²) in [6.45, 7) is 10.8. The molecular formula is C24H29N5O2S. The fourth-order valence-corrected chi connectivity index (χ4v) is 4.71. The van der Waals surface area contributed by atoms with Crippen LogP contribution in [0.4, 0.5) is 5.69 Å². The number of nitrogens with one attached hydrogen (secondary N) is 1. The number of benzene rings is 1. The van der Waals surface area contributed by atoms with E-state index in [1.165, 1.54) is 0 Å². The van der Waals surface area contributed by atoms with Crippen molar-refractivity contribution in [3.63, 3.8) is 0 Å². The zero-order chi connectivity index (χ0) is 22.8. The van der Waals surface area contributed by atoms with E-state index in [1.54, 1.807) is 4.57 Å². The normalized spacial score (nSPS) is 14.8. The molecule has 0 spiro atoms. The first kappa shape index (κ1) is 22.4. The Morgan fingerprint density at radius 1 is 1.12 bits per heavy atom. The maximum Gasteiger partial charge on any atom is 0.326 e. The van der Waals surface area contributed by atoms with Crippen molar-refractivity contribution in [3.8, 4) is 0 Å². The Morgan fingerprint density at radius 2 is 1.88 bits per heavy atom. The molecule has 2 aromatic heterocycles. The first-order valence-corrected chi connectivity index (χ1v) is 11.6. The van der Waals surface area contributed by atoms with Crippen molar-refractivity contribution >= 4 is 34.6 Å². The number of ketones is 1. The highest BCUT2D eigenvalue weighted by molar-refractivity contribution is 7.71. The second kappa shape index (κ2) is 9.34. The molecule has 0 amide bonds. The summed E-state index contributed by atoms with van der Waals surface area (Å²) < 4.78 is 2.17. The van der Waals surface area contributed by atoms with Gasteiger partial charge in [0.05, 0.1) is 16.9 Å². The van der Waals surface area contributed by atoms with Gasteiger partial charge in [0.15, 0.2) is 5.78 Å². The van der Waals surface area contributed by atoms with Gasteiger partial charge in [-0.2, -0.15) is 0 Å². The van der Waals surface area contributed by atoms with Gasteiger partial charge >= 0.3 is 5.69 Å². The van der Waals surface area contributed by atoms with Gasteiger partial charge in [0.25, 0.3) is 0 Å². The second-order valence-corrected chi connectivity index (χ2v) is 8.59. The summed E-state index contributed by atoms with van der Waals surface area (Å²) in [5, 5.41) is 0.906. The summed E-state index contributed by atoms with van der Waals surface area (Å²) >= 11 is 5.49. The van der Waals surface area contributed by atoms with Crippen molar-refractivity contribution in [3.05, 3.63) is 62.4 Å². The molecular weight excluding hydrogens is 422 g/mol. The van der Waals surface area contributed by atoms with E-state index in [1.807, 2.05) is 45.0 Å². The first-order chi connectivity index (χ1) is 15.4. The van der Waals surface area contributed by atoms with Gasteiger partial charge in [-0.1, -0.05) is 25.2 Å². The Hall–Kier alpha value is -2.84. The standard InChI is InChI=1S/C24H29N5O2S/c1-4-22(30)19-8-9-21(16(3)25-19)28-12-10-27(11-13-28)15-17-6-7-18-20(14-17)26-24(31)29(5-2)23(18)32/h6-9,14H,4-5,10-13,15H2,1-3H3,(H,26,31). The van der Waals surface area contributed by atoms with Gasteiger partial charge in [-0.25, -0.2) is 9.78 Å². The number of carbonyl (C=O) groups is 1. The number of aromatic nitrogens is 3. The van der Waals surface area contributed by atoms with Crippen molar-refractivity contribution in [1.29, 1.82) is 0 Å². The van der Waals surface area contributed by atoms with Gasteiger partial charge < -0.3 is 9.88 Å². The molecule has 4 rings (SSSR count). The maximum absolute atomic E-state index is 12.3. The van der Waals surface area contributed by atoms with Crippen molar-refractivity contribution in [1.82, 2.24) is 19.4 Å². The summed E-state index contributed by atoms with van der Waals surface area (Å²) in [5.74, 6) is 0.0777. The van der Waals surface area contributed by atoms with Crippen molar-refractivity contribution in [2.24, 2.45) is 0 Å². The lowest BCUT2D eigenvalue weighted by Gasteiger charge is -2.36. The third-order valence-electron chi connectivity index (χ3n) is 6.15. The first-order valence-electron chi connectivity index (χ1n) is 11.1. The van der Waals surface area contributed by atoms with E-state index in [0.29, 0.717) is 23.3 Å². The Labute approximate surface area is 192 Å². The monoisotopic (exact) mass is 451 g/mol. The van der Waals surface area contributed by atoms with Crippen LogP contribution in [0.25, 0.3) is 10.9 Å². The quantitative estimate of drug-likeness (QED) is 0.455. The Balaban J connectivity index is 1.44. The molecule has 168 valence electrons. The molecule has 1 aliphatic heterocycles. The lowest BCUT2D eigenvalue weighted by atomic mass is 10.1. The molecule has 0 unspecified atom stereocenters. The summed E-state index contributed by atoms with van der Waals surface area (Å²) in [5.41, 5.74) is 4.35. The smallest absolute Gasteiger partial charge is 0.326 e. The van der Waals surface area contributed by atoms with Crippen molar-refractivity contribution in [2.45, 2.75) is 40.3 Å². The molecule has 8 heteroatoms. The molecule has 1 aliphatic rings. The maximum atomic E-state index is 12.3. The number of H-pyrrole nitrogens is 1. The van der Waals surface area contributed by atoms with E-state index in [-0.39, 0.29) is 11.5 Å². The number of fused-ring (bicyclic) bond motifs is 1. The van der Waals surface area contributed by atoms with Crippen molar-refractivity contribution < 1.29 is 4.79 Å². The topological polar surface area (TPSA) is 74.2 Å². The van der Waals surface area contributed by atoms with E-state index in [9.17, 15) is 9.59 Å². The van der Waals surface area contributed by atoms with Gasteiger partial charge in [0.1, 0.15) is 10.3 Å². The molecule has 3 aromatic rings. The van der Waals surface area contributed by atoms with E-state index < -0.39 is 0 Å². The fourth-order valence-electron chi connectivity index (χ4n) is 4.32. The third kappa shape index (κ3) is 4.38. The van der Waals surface area contributed by atoms with E-state index in [2.05, 4.69) is 25.8 Å². The van der Waals surface area contributed by atoms with Crippen LogP contribution in [0.15, 0.2) is 35.1 Å². The van der Waals surface area contributed by atoms with Crippen LogP contribution in [-0.2, 0) is 13.1 Å². The Kier molecular flexibility index (Phi) is 6.53. The van der Waals surface area contributed by atoms with Crippen LogP contribution in [0.3, 0.4) is 0 Å². The number of Topliss-reactive ketones (excluding diaryl/α,β-unsaturated/α-hetero) is 1. The minimum Gasteiger partial charge on any atom is -0.368 e. The number of pyridine rings is 1. The van der Waals surface area contributed by atoms with Crippen LogP contribution >= 0.6 is 12.2 Å². The van der Waals surface area contributed by atoms with Crippen LogP contribution in [-0.4, -0.2) is 51.4 Å². The molecule has 1 fully saturated rings. The number of aryl methyl sites for hydroxylation is 1. The SMILES string of the molecule is CCC(=O)c1ccc(N2CCN(Cc3ccc4c(=S)n(CC)c(=O)[nH]c4c3)CC2)c(C)n1. The number of piperazine rings is 1. The lowest BCUT2D eigenvalue weighted by Crippen LogP contribution is -2.46. The van der Waals surface area contributed by atoms with E-state index in [4.69, 9.17) is 12.2 Å². The van der Waals surface area contributed by atoms with Gasteiger partial charge in [-0.05, 0) is 43.7 Å². The molecule has 0 bridgehead atoms. The van der Waals surface area contributed by atoms with Crippen LogP contribution < -0.4 is 10.6 Å². The Morgan fingerprint density at radius 3 is 2.53 bits per heavy atom. The molecule has 1 aromatic carbocycles. The number of hydrogen-bond donors (Lipinski definition) is 1. The minimum atomic E-state index is -0.161. The largest absolute Gasteiger partial charge is 0.368 e. The fraction of sp³-hybridized carbons (Fsp3) is 0.417. The van der Waals surface area contributed by atoms with Gasteiger partial charge in [0, 0.05) is 51.1 Å². The number of carbonyl (C=O) groups excluding carboxylic acids is 1. The van der Waals surface area contributed by atoms with Crippen LogP contribution in [0, 0.1) is 11.6 Å². The van der Waals surface area contributed by atoms with E-state index in [0.717, 1.165) is 60.6 Å². The highest BCUT2D eigenvalue weighted by atomic mass is 32.1. The van der Waals surface area contributed by atoms with Crippen LogP contribution in [0.1, 0.15) is 42.0 Å².